The smallest absolute Gasteiger partial charge is 0.323 e. The van der Waals surface area contributed by atoms with Crippen LogP contribution in [-0.2, 0) is 6.18 Å². The Bertz CT molecular complexity index is 419. The summed E-state index contributed by atoms with van der Waals surface area (Å²) in [5.41, 5.74) is 6.31. The van der Waals surface area contributed by atoms with Gasteiger partial charge in [-0.05, 0) is 24.7 Å². The van der Waals surface area contributed by atoms with E-state index in [0.29, 0.717) is 0 Å². The van der Waals surface area contributed by atoms with E-state index in [1.165, 1.54) is 12.1 Å². The third kappa shape index (κ3) is 3.43. The van der Waals surface area contributed by atoms with Crippen LogP contribution in [0.15, 0.2) is 24.3 Å². The minimum atomic E-state index is -4.29. The topological polar surface area (TPSA) is 29.3 Å². The molecule has 2 N–H and O–H groups in total. The normalized spacial score (nSPS) is 23.3. The van der Waals surface area contributed by atoms with Crippen molar-refractivity contribution in [3.05, 3.63) is 35.4 Å². The van der Waals surface area contributed by atoms with E-state index in [1.807, 2.05) is 18.8 Å². The Labute approximate surface area is 115 Å². The zero-order valence-corrected chi connectivity index (χ0v) is 11.5. The first-order valence-corrected chi connectivity index (χ1v) is 7.26. The molecule has 0 radical (unpaired) electrons. The summed E-state index contributed by atoms with van der Waals surface area (Å²) in [4.78, 5) is 2.18. The Morgan fingerprint density at radius 1 is 1.32 bits per heavy atom. The van der Waals surface area contributed by atoms with Crippen molar-refractivity contribution in [2.75, 3.05) is 25.1 Å². The fraction of sp³-hybridized carbons (Fsp3) is 0.538. The van der Waals surface area contributed by atoms with Gasteiger partial charge in [0.2, 0.25) is 0 Å². The average Bonchev–Trinajstić information content (AvgIpc) is 2.38. The van der Waals surface area contributed by atoms with Crippen LogP contribution < -0.4 is 5.73 Å². The van der Waals surface area contributed by atoms with E-state index in [9.17, 15) is 13.2 Å². The van der Waals surface area contributed by atoms with Gasteiger partial charge in [0.15, 0.2) is 0 Å². The summed E-state index contributed by atoms with van der Waals surface area (Å²) >= 11 is 1.84. The molecule has 0 bridgehead atoms. The van der Waals surface area contributed by atoms with Crippen LogP contribution in [0.1, 0.15) is 17.2 Å². The van der Waals surface area contributed by atoms with Gasteiger partial charge in [-0.15, -0.1) is 0 Å². The van der Waals surface area contributed by atoms with E-state index >= 15 is 0 Å². The number of hydrogen-bond donors (Lipinski definition) is 1. The van der Waals surface area contributed by atoms with E-state index < -0.39 is 11.7 Å². The van der Waals surface area contributed by atoms with E-state index in [1.54, 1.807) is 0 Å². The maximum Gasteiger partial charge on any atom is 0.416 e. The Balaban J connectivity index is 2.13. The van der Waals surface area contributed by atoms with E-state index in [-0.39, 0.29) is 12.1 Å². The number of thioether (sulfide) groups is 1. The van der Waals surface area contributed by atoms with Crippen molar-refractivity contribution in [1.29, 1.82) is 0 Å². The van der Waals surface area contributed by atoms with Gasteiger partial charge < -0.3 is 5.73 Å². The first-order valence-electron chi connectivity index (χ1n) is 6.10. The molecule has 1 saturated heterocycles. The molecule has 1 aromatic rings. The van der Waals surface area contributed by atoms with Crippen molar-refractivity contribution in [3.63, 3.8) is 0 Å². The largest absolute Gasteiger partial charge is 0.416 e. The second-order valence-electron chi connectivity index (χ2n) is 4.77. The van der Waals surface area contributed by atoms with Gasteiger partial charge in [-0.2, -0.15) is 24.9 Å². The number of benzene rings is 1. The van der Waals surface area contributed by atoms with Gasteiger partial charge in [-0.3, -0.25) is 4.90 Å². The summed E-state index contributed by atoms with van der Waals surface area (Å²) in [6.45, 7) is 0.962. The van der Waals surface area contributed by atoms with Crippen molar-refractivity contribution in [3.8, 4) is 0 Å². The highest BCUT2D eigenvalue weighted by molar-refractivity contribution is 7.99. The zero-order chi connectivity index (χ0) is 14.0. The molecule has 0 aromatic heterocycles. The number of hydrogen-bond acceptors (Lipinski definition) is 3. The molecule has 1 fully saturated rings. The standard InChI is InChI=1S/C13H17F3N2S/c1-18-6-7-19-8-11(18)12(17)9-2-4-10(5-3-9)13(14,15)16/h2-5,11-12H,6-8,17H2,1H3. The number of halogens is 3. The average molecular weight is 290 g/mol. The van der Waals surface area contributed by atoms with E-state index in [0.717, 1.165) is 35.7 Å². The van der Waals surface area contributed by atoms with Gasteiger partial charge in [-0.1, -0.05) is 12.1 Å². The Hall–Kier alpha value is -0.720. The summed E-state index contributed by atoms with van der Waals surface area (Å²) in [7, 11) is 2.01. The SMILES string of the molecule is CN1CCSCC1C(N)c1ccc(C(F)(F)F)cc1. The first-order chi connectivity index (χ1) is 8.89. The van der Waals surface area contributed by atoms with Crippen molar-refractivity contribution in [2.24, 2.45) is 5.73 Å². The summed E-state index contributed by atoms with van der Waals surface area (Å²) in [5.74, 6) is 1.99. The number of nitrogens with zero attached hydrogens (tertiary/aromatic N) is 1. The molecule has 19 heavy (non-hydrogen) atoms. The number of nitrogens with two attached hydrogens (primary N) is 1. The molecule has 0 saturated carbocycles. The van der Waals surface area contributed by atoms with Gasteiger partial charge in [0.25, 0.3) is 0 Å². The molecule has 2 unspecified atom stereocenters. The van der Waals surface area contributed by atoms with Crippen LogP contribution in [0.4, 0.5) is 13.2 Å². The number of alkyl halides is 3. The van der Waals surface area contributed by atoms with Crippen LogP contribution in [-0.4, -0.2) is 36.0 Å². The third-order valence-corrected chi connectivity index (χ3v) is 4.53. The van der Waals surface area contributed by atoms with Crippen LogP contribution >= 0.6 is 11.8 Å². The second kappa shape index (κ2) is 5.73. The highest BCUT2D eigenvalue weighted by atomic mass is 32.2. The fourth-order valence-electron chi connectivity index (χ4n) is 2.20. The van der Waals surface area contributed by atoms with E-state index in [2.05, 4.69) is 4.90 Å². The molecule has 6 heteroatoms. The third-order valence-electron chi connectivity index (χ3n) is 3.48. The van der Waals surface area contributed by atoms with Gasteiger partial charge >= 0.3 is 6.18 Å². The number of rotatable bonds is 2. The highest BCUT2D eigenvalue weighted by Crippen LogP contribution is 2.31. The van der Waals surface area contributed by atoms with Gasteiger partial charge in [0.05, 0.1) is 5.56 Å². The quantitative estimate of drug-likeness (QED) is 0.908. The molecule has 2 rings (SSSR count). The van der Waals surface area contributed by atoms with Crippen LogP contribution in [0, 0.1) is 0 Å². The molecule has 1 aromatic carbocycles. The van der Waals surface area contributed by atoms with Crippen molar-refractivity contribution < 1.29 is 13.2 Å². The molecular formula is C13H17F3N2S. The molecule has 1 aliphatic heterocycles. The summed E-state index contributed by atoms with van der Waals surface area (Å²) < 4.78 is 37.5. The van der Waals surface area contributed by atoms with Crippen LogP contribution in [0.3, 0.4) is 0 Å². The minimum absolute atomic E-state index is 0.176. The van der Waals surface area contributed by atoms with Gasteiger partial charge in [0.1, 0.15) is 0 Å². The maximum absolute atomic E-state index is 12.5. The molecule has 0 aliphatic carbocycles. The van der Waals surface area contributed by atoms with Crippen molar-refractivity contribution >= 4 is 11.8 Å². The predicted molar refractivity (Wildman–Crippen MR) is 72.1 cm³/mol. The highest BCUT2D eigenvalue weighted by Gasteiger charge is 2.31. The monoisotopic (exact) mass is 290 g/mol. The second-order valence-corrected chi connectivity index (χ2v) is 5.92. The lowest BCUT2D eigenvalue weighted by Crippen LogP contribution is -2.46. The van der Waals surface area contributed by atoms with Crippen LogP contribution in [0.25, 0.3) is 0 Å². The maximum atomic E-state index is 12.5. The fourth-order valence-corrected chi connectivity index (χ4v) is 3.49. The summed E-state index contributed by atoms with van der Waals surface area (Å²) in [6.07, 6.45) is -4.29. The summed E-state index contributed by atoms with van der Waals surface area (Å²) in [6, 6.07) is 5.10. The number of likely N-dealkylation sites (N-methyl/N-ethyl adjacent to an activating group) is 1. The first kappa shape index (κ1) is 14.7. The van der Waals surface area contributed by atoms with Crippen LogP contribution in [0.2, 0.25) is 0 Å². The van der Waals surface area contributed by atoms with Gasteiger partial charge in [-0.25, -0.2) is 0 Å². The van der Waals surface area contributed by atoms with Crippen LogP contribution in [0.5, 0.6) is 0 Å². The molecule has 2 nitrogen and oxygen atoms in total. The minimum Gasteiger partial charge on any atom is -0.323 e. The molecule has 106 valence electrons. The summed E-state index contributed by atoms with van der Waals surface area (Å²) in [5, 5.41) is 0. The molecule has 0 spiro atoms. The van der Waals surface area contributed by atoms with E-state index in [4.69, 9.17) is 5.73 Å². The van der Waals surface area contributed by atoms with Gasteiger partial charge in [0, 0.05) is 30.1 Å². The molecule has 0 amide bonds. The van der Waals surface area contributed by atoms with Crippen molar-refractivity contribution in [2.45, 2.75) is 18.3 Å². The lowest BCUT2D eigenvalue weighted by Gasteiger charge is -2.36. The predicted octanol–water partition coefficient (Wildman–Crippen LogP) is 2.75. The zero-order valence-electron chi connectivity index (χ0n) is 10.7. The lowest BCUT2D eigenvalue weighted by atomic mass is 9.99. The Morgan fingerprint density at radius 2 is 1.95 bits per heavy atom. The molecule has 1 heterocycles. The lowest BCUT2D eigenvalue weighted by molar-refractivity contribution is -0.137. The molecule has 1 aliphatic rings. The Morgan fingerprint density at radius 3 is 2.47 bits per heavy atom. The molecular weight excluding hydrogens is 273 g/mol. The molecule has 2 atom stereocenters. The Kier molecular flexibility index (Phi) is 4.43. The van der Waals surface area contributed by atoms with Crippen molar-refractivity contribution in [1.82, 2.24) is 4.90 Å².